The van der Waals surface area contributed by atoms with Crippen LogP contribution in [0.1, 0.15) is 39.0 Å². The highest BCUT2D eigenvalue weighted by atomic mass is 16.1. The van der Waals surface area contributed by atoms with Gasteiger partial charge < -0.3 is 0 Å². The molecule has 1 aliphatic carbocycles. The van der Waals surface area contributed by atoms with E-state index < -0.39 is 0 Å². The van der Waals surface area contributed by atoms with E-state index >= 15 is 0 Å². The van der Waals surface area contributed by atoms with Crippen LogP contribution < -0.4 is 0 Å². The monoisotopic (exact) mass is 162 g/mol. The molecule has 0 aromatic rings. The average Bonchev–Trinajstić information content (AvgIpc) is 2.05. The smallest absolute Gasteiger partial charge is 0.155 e. The highest BCUT2D eigenvalue weighted by molar-refractivity contribution is 5.91. The van der Waals surface area contributed by atoms with Gasteiger partial charge in [-0.05, 0) is 32.3 Å². The zero-order valence-corrected chi connectivity index (χ0v) is 7.52. The molecule has 0 amide bonds. The van der Waals surface area contributed by atoms with E-state index in [0.29, 0.717) is 5.78 Å². The maximum atomic E-state index is 11.0. The van der Waals surface area contributed by atoms with Gasteiger partial charge in [-0.1, -0.05) is 5.57 Å². The largest absolute Gasteiger partial charge is 0.295 e. The van der Waals surface area contributed by atoms with Gasteiger partial charge in [0.2, 0.25) is 0 Å². The molecule has 0 aromatic heterocycles. The van der Waals surface area contributed by atoms with Crippen LogP contribution in [0.2, 0.25) is 0 Å². The summed E-state index contributed by atoms with van der Waals surface area (Å²) < 4.78 is 0. The fourth-order valence-electron chi connectivity index (χ4n) is 1.41. The molecule has 0 bridgehead atoms. The summed E-state index contributed by atoms with van der Waals surface area (Å²) in [6.45, 7) is 1.85. The topological polar surface area (TPSA) is 17.1 Å². The molecule has 0 spiro atoms. The molecule has 0 saturated carbocycles. The van der Waals surface area contributed by atoms with Gasteiger partial charge in [0.05, 0.1) is 0 Å². The third kappa shape index (κ3) is 2.92. The summed E-state index contributed by atoms with van der Waals surface area (Å²) in [5, 5.41) is 0. The SMILES string of the molecule is CC#CCCC1=CC(=O)CCC1. The van der Waals surface area contributed by atoms with Gasteiger partial charge >= 0.3 is 0 Å². The summed E-state index contributed by atoms with van der Waals surface area (Å²) in [5.41, 5.74) is 1.29. The average molecular weight is 162 g/mol. The third-order valence-corrected chi connectivity index (χ3v) is 2.03. The van der Waals surface area contributed by atoms with Crippen molar-refractivity contribution in [3.05, 3.63) is 11.6 Å². The Morgan fingerprint density at radius 2 is 2.33 bits per heavy atom. The van der Waals surface area contributed by atoms with Crippen LogP contribution in [0.5, 0.6) is 0 Å². The fourth-order valence-corrected chi connectivity index (χ4v) is 1.41. The Balaban J connectivity index is 2.39. The number of carbonyl (C=O) groups excluding carboxylic acids is 1. The van der Waals surface area contributed by atoms with Crippen LogP contribution in [0, 0.1) is 11.8 Å². The van der Waals surface area contributed by atoms with Crippen molar-refractivity contribution in [1.82, 2.24) is 0 Å². The van der Waals surface area contributed by atoms with Crippen LogP contribution in [0.3, 0.4) is 0 Å². The van der Waals surface area contributed by atoms with E-state index in [2.05, 4.69) is 11.8 Å². The lowest BCUT2D eigenvalue weighted by Gasteiger charge is -2.09. The Labute approximate surface area is 73.9 Å². The van der Waals surface area contributed by atoms with E-state index in [4.69, 9.17) is 0 Å². The van der Waals surface area contributed by atoms with E-state index in [1.165, 1.54) is 5.57 Å². The molecule has 0 unspecified atom stereocenters. The van der Waals surface area contributed by atoms with Crippen LogP contribution in [-0.2, 0) is 4.79 Å². The van der Waals surface area contributed by atoms with Gasteiger partial charge in [0, 0.05) is 12.8 Å². The Kier molecular flexibility index (Phi) is 3.60. The predicted octanol–water partition coefficient (Wildman–Crippen LogP) is 2.47. The first kappa shape index (κ1) is 9.06. The van der Waals surface area contributed by atoms with Crippen LogP contribution >= 0.6 is 0 Å². The van der Waals surface area contributed by atoms with E-state index in [1.807, 2.05) is 6.92 Å². The maximum Gasteiger partial charge on any atom is 0.155 e. The highest BCUT2D eigenvalue weighted by Gasteiger charge is 2.08. The third-order valence-electron chi connectivity index (χ3n) is 2.03. The Bertz CT molecular complexity index is 250. The zero-order chi connectivity index (χ0) is 8.81. The second kappa shape index (κ2) is 4.77. The minimum absolute atomic E-state index is 0.292. The molecule has 0 aromatic carbocycles. The number of ketones is 1. The molecule has 0 aliphatic heterocycles. The summed E-state index contributed by atoms with van der Waals surface area (Å²) in [5.74, 6) is 6.16. The van der Waals surface area contributed by atoms with Crippen molar-refractivity contribution in [2.75, 3.05) is 0 Å². The quantitative estimate of drug-likeness (QED) is 0.570. The predicted molar refractivity (Wildman–Crippen MR) is 49.6 cm³/mol. The summed E-state index contributed by atoms with van der Waals surface area (Å²) in [4.78, 5) is 11.0. The van der Waals surface area contributed by atoms with Gasteiger partial charge in [0.1, 0.15) is 0 Å². The summed E-state index contributed by atoms with van der Waals surface area (Å²) in [6.07, 6.45) is 6.55. The number of allylic oxidation sites excluding steroid dienone is 2. The lowest BCUT2D eigenvalue weighted by atomic mass is 9.95. The lowest BCUT2D eigenvalue weighted by Crippen LogP contribution is -2.02. The molecule has 64 valence electrons. The molecular formula is C11H14O. The van der Waals surface area contributed by atoms with Gasteiger partial charge in [0.25, 0.3) is 0 Å². The van der Waals surface area contributed by atoms with E-state index in [0.717, 1.165) is 32.1 Å². The second-order valence-corrected chi connectivity index (χ2v) is 3.05. The van der Waals surface area contributed by atoms with Crippen LogP contribution in [-0.4, -0.2) is 5.78 Å². The minimum Gasteiger partial charge on any atom is -0.295 e. The van der Waals surface area contributed by atoms with E-state index in [-0.39, 0.29) is 0 Å². The molecule has 0 radical (unpaired) electrons. The Hall–Kier alpha value is -1.03. The van der Waals surface area contributed by atoms with Gasteiger partial charge in [-0.2, -0.15) is 0 Å². The van der Waals surface area contributed by atoms with E-state index in [1.54, 1.807) is 6.08 Å². The molecule has 12 heavy (non-hydrogen) atoms. The van der Waals surface area contributed by atoms with Gasteiger partial charge in [-0.3, -0.25) is 4.79 Å². The number of hydrogen-bond acceptors (Lipinski definition) is 1. The van der Waals surface area contributed by atoms with Crippen molar-refractivity contribution in [2.24, 2.45) is 0 Å². The maximum absolute atomic E-state index is 11.0. The van der Waals surface area contributed by atoms with Crippen molar-refractivity contribution in [3.8, 4) is 11.8 Å². The van der Waals surface area contributed by atoms with Crippen molar-refractivity contribution >= 4 is 5.78 Å². The molecule has 1 nitrogen and oxygen atoms in total. The number of rotatable bonds is 2. The molecular weight excluding hydrogens is 148 g/mol. The van der Waals surface area contributed by atoms with Gasteiger partial charge in [-0.25, -0.2) is 0 Å². The molecule has 1 rings (SSSR count). The van der Waals surface area contributed by atoms with Crippen molar-refractivity contribution in [1.29, 1.82) is 0 Å². The van der Waals surface area contributed by atoms with Crippen LogP contribution in [0.4, 0.5) is 0 Å². The number of hydrogen-bond donors (Lipinski definition) is 0. The standard InChI is InChI=1S/C11H14O/c1-2-3-4-6-10-7-5-8-11(12)9-10/h9H,4-8H2,1H3. The van der Waals surface area contributed by atoms with Gasteiger partial charge in [0.15, 0.2) is 5.78 Å². The number of carbonyl (C=O) groups is 1. The van der Waals surface area contributed by atoms with Crippen LogP contribution in [0.15, 0.2) is 11.6 Å². The summed E-state index contributed by atoms with van der Waals surface area (Å²) in [7, 11) is 0. The van der Waals surface area contributed by atoms with E-state index in [9.17, 15) is 4.79 Å². The van der Waals surface area contributed by atoms with Crippen LogP contribution in [0.25, 0.3) is 0 Å². The molecule has 0 saturated heterocycles. The molecule has 1 heteroatoms. The Morgan fingerprint density at radius 1 is 1.50 bits per heavy atom. The minimum atomic E-state index is 0.292. The molecule has 0 heterocycles. The normalized spacial score (nSPS) is 16.4. The first-order valence-corrected chi connectivity index (χ1v) is 4.45. The fraction of sp³-hybridized carbons (Fsp3) is 0.545. The molecule has 0 fully saturated rings. The van der Waals surface area contributed by atoms with Crippen molar-refractivity contribution in [3.63, 3.8) is 0 Å². The highest BCUT2D eigenvalue weighted by Crippen LogP contribution is 2.18. The summed E-state index contributed by atoms with van der Waals surface area (Å²) >= 11 is 0. The molecule has 0 atom stereocenters. The zero-order valence-electron chi connectivity index (χ0n) is 7.52. The summed E-state index contributed by atoms with van der Waals surface area (Å²) in [6, 6.07) is 0. The first-order chi connectivity index (χ1) is 5.83. The molecule has 0 N–H and O–H groups in total. The van der Waals surface area contributed by atoms with Gasteiger partial charge in [-0.15, -0.1) is 11.8 Å². The van der Waals surface area contributed by atoms with Crippen molar-refractivity contribution < 1.29 is 4.79 Å². The lowest BCUT2D eigenvalue weighted by molar-refractivity contribution is -0.115. The second-order valence-electron chi connectivity index (χ2n) is 3.05. The first-order valence-electron chi connectivity index (χ1n) is 4.45. The Morgan fingerprint density at radius 3 is 3.00 bits per heavy atom. The van der Waals surface area contributed by atoms with Crippen molar-refractivity contribution in [2.45, 2.75) is 39.0 Å². The molecule has 1 aliphatic rings.